The van der Waals surface area contributed by atoms with Gasteiger partial charge < -0.3 is 14.3 Å². The first-order chi connectivity index (χ1) is 16.5. The molecule has 186 valence electrons. The lowest BCUT2D eigenvalue weighted by Gasteiger charge is -2.14. The fourth-order valence-corrected chi connectivity index (χ4v) is 3.86. The van der Waals surface area contributed by atoms with Crippen molar-refractivity contribution in [1.82, 2.24) is 0 Å². The van der Waals surface area contributed by atoms with Crippen LogP contribution in [0.4, 0.5) is 13.2 Å². The topological polar surface area (TPSA) is 40.0 Å². The zero-order chi connectivity index (χ0) is 25.8. The van der Waals surface area contributed by atoms with E-state index in [2.05, 4.69) is 24.2 Å². The van der Waals surface area contributed by atoms with Crippen molar-refractivity contribution in [2.75, 3.05) is 13.2 Å². The van der Waals surface area contributed by atoms with Crippen molar-refractivity contribution in [3.63, 3.8) is 0 Å². The van der Waals surface area contributed by atoms with E-state index in [4.69, 9.17) is 25.9 Å². The van der Waals surface area contributed by atoms with Gasteiger partial charge in [0, 0.05) is 0 Å². The van der Waals surface area contributed by atoms with Crippen LogP contribution in [0.1, 0.15) is 40.3 Å². The van der Waals surface area contributed by atoms with Crippen molar-refractivity contribution < 1.29 is 27.5 Å². The summed E-state index contributed by atoms with van der Waals surface area (Å²) in [6.45, 7) is 10.4. The fourth-order valence-electron chi connectivity index (χ4n) is 3.64. The number of hydrogen-bond acceptors (Lipinski definition) is 4. The van der Waals surface area contributed by atoms with Gasteiger partial charge in [0.05, 0.1) is 16.3 Å². The Hall–Kier alpha value is -3.19. The highest BCUT2D eigenvalue weighted by atomic mass is 35.5. The molecule has 0 N–H and O–H groups in total. The quantitative estimate of drug-likeness (QED) is 0.176. The molecule has 0 saturated heterocycles. The summed E-state index contributed by atoms with van der Waals surface area (Å²) in [5.41, 5.74) is 4.77. The lowest BCUT2D eigenvalue weighted by molar-refractivity contribution is -0.137. The standard InChI is InChI=1S/C27H27ClF3NO3/c1-16-12-18(3)26(19(4)13-16)33-10-11-34-32-20(5)21-6-8-24(17(2)14-21)35-25-9-7-22(15-23(25)28)27(29,30)31/h6-9,12-15H,10-11H2,1-5H3. The van der Waals surface area contributed by atoms with E-state index >= 15 is 0 Å². The van der Waals surface area contributed by atoms with Crippen LogP contribution in [0, 0.1) is 27.7 Å². The second-order valence-electron chi connectivity index (χ2n) is 8.31. The van der Waals surface area contributed by atoms with Crippen molar-refractivity contribution in [2.24, 2.45) is 5.16 Å². The van der Waals surface area contributed by atoms with E-state index in [1.54, 1.807) is 12.1 Å². The Morgan fingerprint density at radius 3 is 2.11 bits per heavy atom. The number of hydrogen-bond donors (Lipinski definition) is 0. The monoisotopic (exact) mass is 505 g/mol. The normalized spacial score (nSPS) is 12.0. The Morgan fingerprint density at radius 2 is 1.51 bits per heavy atom. The fraction of sp³-hybridized carbons (Fsp3) is 0.296. The van der Waals surface area contributed by atoms with E-state index in [9.17, 15) is 13.2 Å². The van der Waals surface area contributed by atoms with Gasteiger partial charge in [0.25, 0.3) is 0 Å². The molecule has 0 aliphatic heterocycles. The van der Waals surface area contributed by atoms with Crippen LogP contribution in [0.25, 0.3) is 0 Å². The summed E-state index contributed by atoms with van der Waals surface area (Å²) in [6.07, 6.45) is -4.47. The van der Waals surface area contributed by atoms with Crippen LogP contribution in [0.15, 0.2) is 53.7 Å². The minimum absolute atomic E-state index is 0.118. The maximum atomic E-state index is 12.8. The van der Waals surface area contributed by atoms with E-state index in [0.717, 1.165) is 40.1 Å². The Balaban J connectivity index is 1.59. The van der Waals surface area contributed by atoms with Crippen LogP contribution in [0.3, 0.4) is 0 Å². The molecule has 0 aliphatic rings. The summed E-state index contributed by atoms with van der Waals surface area (Å²) >= 11 is 5.99. The van der Waals surface area contributed by atoms with Crippen molar-refractivity contribution >= 4 is 17.3 Å². The third kappa shape index (κ3) is 6.92. The molecule has 0 heterocycles. The van der Waals surface area contributed by atoms with Crippen LogP contribution in [-0.2, 0) is 11.0 Å². The van der Waals surface area contributed by atoms with Gasteiger partial charge in [-0.05, 0) is 93.3 Å². The number of alkyl halides is 3. The average molecular weight is 506 g/mol. The minimum atomic E-state index is -4.47. The Morgan fingerprint density at radius 1 is 0.857 bits per heavy atom. The lowest BCUT2D eigenvalue weighted by Crippen LogP contribution is -2.07. The number of rotatable bonds is 8. The molecular weight excluding hydrogens is 479 g/mol. The summed E-state index contributed by atoms with van der Waals surface area (Å²) in [4.78, 5) is 5.42. The number of aryl methyl sites for hydroxylation is 4. The molecule has 35 heavy (non-hydrogen) atoms. The van der Waals surface area contributed by atoms with Crippen LogP contribution >= 0.6 is 11.6 Å². The molecule has 0 radical (unpaired) electrons. The second-order valence-corrected chi connectivity index (χ2v) is 8.72. The van der Waals surface area contributed by atoms with Crippen LogP contribution < -0.4 is 9.47 Å². The SMILES string of the molecule is CC(=NOCCOc1c(C)cc(C)cc1C)c1ccc(Oc2ccc(C(F)(F)F)cc2Cl)c(C)c1. The van der Waals surface area contributed by atoms with Gasteiger partial charge >= 0.3 is 6.18 Å². The number of oxime groups is 1. The van der Waals surface area contributed by atoms with Crippen LogP contribution in [-0.4, -0.2) is 18.9 Å². The predicted molar refractivity (Wildman–Crippen MR) is 132 cm³/mol. The van der Waals surface area contributed by atoms with Crippen LogP contribution in [0.2, 0.25) is 5.02 Å². The van der Waals surface area contributed by atoms with Crippen molar-refractivity contribution in [3.05, 3.63) is 86.9 Å². The highest BCUT2D eigenvalue weighted by Crippen LogP contribution is 2.37. The van der Waals surface area contributed by atoms with E-state index < -0.39 is 11.7 Å². The number of nitrogens with zero attached hydrogens (tertiary/aromatic N) is 1. The summed E-state index contributed by atoms with van der Waals surface area (Å²) in [5, 5.41) is 4.04. The average Bonchev–Trinajstić information content (AvgIpc) is 2.76. The Labute approximate surface area is 208 Å². The van der Waals surface area contributed by atoms with E-state index in [0.29, 0.717) is 18.1 Å². The molecule has 0 amide bonds. The molecule has 3 aromatic carbocycles. The number of benzene rings is 3. The largest absolute Gasteiger partial charge is 0.489 e. The minimum Gasteiger partial charge on any atom is -0.489 e. The van der Waals surface area contributed by atoms with Crippen LogP contribution in [0.5, 0.6) is 17.2 Å². The van der Waals surface area contributed by atoms with Crippen molar-refractivity contribution in [3.8, 4) is 17.2 Å². The first-order valence-electron chi connectivity index (χ1n) is 11.0. The highest BCUT2D eigenvalue weighted by molar-refractivity contribution is 6.32. The molecule has 0 unspecified atom stereocenters. The summed E-state index contributed by atoms with van der Waals surface area (Å²) in [7, 11) is 0. The zero-order valence-corrected chi connectivity index (χ0v) is 21.0. The molecule has 0 saturated carbocycles. The van der Waals surface area contributed by atoms with E-state index in [-0.39, 0.29) is 17.4 Å². The van der Waals surface area contributed by atoms with Gasteiger partial charge in [0.1, 0.15) is 23.9 Å². The molecule has 3 rings (SSSR count). The predicted octanol–water partition coefficient (Wildman–Crippen LogP) is 8.20. The summed E-state index contributed by atoms with van der Waals surface area (Å²) in [5.74, 6) is 1.48. The summed E-state index contributed by atoms with van der Waals surface area (Å²) < 4.78 is 50.1. The van der Waals surface area contributed by atoms with Gasteiger partial charge in [-0.2, -0.15) is 13.2 Å². The number of ether oxygens (including phenoxy) is 2. The second kappa shape index (κ2) is 11.0. The lowest BCUT2D eigenvalue weighted by atomic mass is 10.1. The molecule has 4 nitrogen and oxygen atoms in total. The molecular formula is C27H27ClF3NO3. The third-order valence-electron chi connectivity index (χ3n) is 5.30. The van der Waals surface area contributed by atoms with E-state index in [1.807, 2.05) is 33.8 Å². The van der Waals surface area contributed by atoms with Gasteiger partial charge in [0.15, 0.2) is 6.61 Å². The third-order valence-corrected chi connectivity index (χ3v) is 5.59. The Bertz CT molecular complexity index is 1220. The smallest absolute Gasteiger partial charge is 0.416 e. The van der Waals surface area contributed by atoms with Crippen molar-refractivity contribution in [2.45, 2.75) is 40.8 Å². The maximum absolute atomic E-state index is 12.8. The highest BCUT2D eigenvalue weighted by Gasteiger charge is 2.31. The molecule has 0 bridgehead atoms. The first kappa shape index (κ1) is 26.4. The molecule has 0 aromatic heterocycles. The molecule has 3 aromatic rings. The molecule has 0 aliphatic carbocycles. The van der Waals surface area contributed by atoms with Gasteiger partial charge in [-0.1, -0.05) is 34.5 Å². The molecule has 8 heteroatoms. The van der Waals surface area contributed by atoms with Gasteiger partial charge in [0.2, 0.25) is 0 Å². The zero-order valence-electron chi connectivity index (χ0n) is 20.2. The van der Waals surface area contributed by atoms with Gasteiger partial charge in [-0.3, -0.25) is 0 Å². The molecule has 0 spiro atoms. The first-order valence-corrected chi connectivity index (χ1v) is 11.4. The van der Waals surface area contributed by atoms with Gasteiger partial charge in [-0.25, -0.2) is 0 Å². The van der Waals surface area contributed by atoms with Gasteiger partial charge in [-0.15, -0.1) is 0 Å². The Kier molecular flexibility index (Phi) is 8.33. The maximum Gasteiger partial charge on any atom is 0.416 e. The molecule has 0 fully saturated rings. The summed E-state index contributed by atoms with van der Waals surface area (Å²) in [6, 6.07) is 12.5. The van der Waals surface area contributed by atoms with E-state index in [1.165, 1.54) is 11.6 Å². The number of halogens is 4. The molecule has 0 atom stereocenters. The van der Waals surface area contributed by atoms with Crippen molar-refractivity contribution in [1.29, 1.82) is 0 Å².